The molecule has 1 saturated heterocycles. The van der Waals surface area contributed by atoms with Crippen LogP contribution >= 0.6 is 15.9 Å². The summed E-state index contributed by atoms with van der Waals surface area (Å²) < 4.78 is 0.586. The fourth-order valence-electron chi connectivity index (χ4n) is 2.30. The number of likely N-dealkylation sites (tertiary alicyclic amines) is 1. The molecule has 5 nitrogen and oxygen atoms in total. The van der Waals surface area contributed by atoms with Crippen LogP contribution in [0.5, 0.6) is 0 Å². The molecule has 2 atom stereocenters. The van der Waals surface area contributed by atoms with Crippen molar-refractivity contribution in [1.82, 2.24) is 9.88 Å². The Kier molecular flexibility index (Phi) is 4.19. The summed E-state index contributed by atoms with van der Waals surface area (Å²) in [5.74, 6) is -0.962. The van der Waals surface area contributed by atoms with Crippen molar-refractivity contribution in [3.05, 3.63) is 28.5 Å². The van der Waals surface area contributed by atoms with E-state index in [1.807, 2.05) is 6.92 Å². The predicted octanol–water partition coefficient (Wildman–Crippen LogP) is 2.17. The van der Waals surface area contributed by atoms with E-state index in [1.54, 1.807) is 12.1 Å². The molecular weight excluding hydrogens is 312 g/mol. The van der Waals surface area contributed by atoms with Crippen LogP contribution in [0.4, 0.5) is 0 Å². The van der Waals surface area contributed by atoms with Crippen molar-refractivity contribution in [2.24, 2.45) is 5.92 Å². The molecule has 6 heteroatoms. The van der Waals surface area contributed by atoms with Crippen molar-refractivity contribution < 1.29 is 14.7 Å². The van der Waals surface area contributed by atoms with E-state index in [-0.39, 0.29) is 11.6 Å². The summed E-state index contributed by atoms with van der Waals surface area (Å²) in [5, 5.41) is 9.27. The van der Waals surface area contributed by atoms with E-state index in [1.165, 1.54) is 11.1 Å². The van der Waals surface area contributed by atoms with E-state index in [0.29, 0.717) is 23.4 Å². The van der Waals surface area contributed by atoms with Crippen LogP contribution in [0.25, 0.3) is 0 Å². The topological polar surface area (TPSA) is 70.5 Å². The average molecular weight is 327 g/mol. The summed E-state index contributed by atoms with van der Waals surface area (Å²) in [6.45, 7) is 2.47. The maximum Gasteiger partial charge on any atom is 0.326 e. The zero-order valence-corrected chi connectivity index (χ0v) is 12.1. The van der Waals surface area contributed by atoms with Crippen LogP contribution in [0, 0.1) is 5.92 Å². The van der Waals surface area contributed by atoms with Gasteiger partial charge in [-0.1, -0.05) is 6.92 Å². The Morgan fingerprint density at radius 1 is 1.53 bits per heavy atom. The predicted molar refractivity (Wildman–Crippen MR) is 72.8 cm³/mol. The highest BCUT2D eigenvalue weighted by atomic mass is 79.9. The fraction of sp³-hybridized carbons (Fsp3) is 0.462. The second-order valence-corrected chi connectivity index (χ2v) is 5.67. The Bertz CT molecular complexity index is 506. The van der Waals surface area contributed by atoms with Gasteiger partial charge in [-0.05, 0) is 46.8 Å². The smallest absolute Gasteiger partial charge is 0.326 e. The van der Waals surface area contributed by atoms with Crippen LogP contribution in [-0.4, -0.2) is 39.5 Å². The first kappa shape index (κ1) is 14.0. The second kappa shape index (κ2) is 5.69. The third kappa shape index (κ3) is 2.94. The molecule has 0 bridgehead atoms. The number of halogens is 1. The number of hydrogen-bond donors (Lipinski definition) is 1. The summed E-state index contributed by atoms with van der Waals surface area (Å²) in [4.78, 5) is 29.2. The highest BCUT2D eigenvalue weighted by Gasteiger charge is 2.36. The van der Waals surface area contributed by atoms with Gasteiger partial charge in [-0.2, -0.15) is 0 Å². The second-order valence-electron chi connectivity index (χ2n) is 4.82. The molecule has 0 aliphatic carbocycles. The number of carbonyl (C=O) groups is 2. The van der Waals surface area contributed by atoms with Gasteiger partial charge in [0.1, 0.15) is 11.7 Å². The van der Waals surface area contributed by atoms with Crippen LogP contribution < -0.4 is 0 Å². The molecule has 102 valence electrons. The SMILES string of the molecule is CC1CCN(C(=O)c2ncccc2Br)C(C(=O)O)C1. The average Bonchev–Trinajstić information content (AvgIpc) is 2.38. The number of aliphatic carboxylic acids is 1. The quantitative estimate of drug-likeness (QED) is 0.904. The first-order chi connectivity index (χ1) is 9.00. The summed E-state index contributed by atoms with van der Waals surface area (Å²) in [5.41, 5.74) is 0.267. The molecular formula is C13H15BrN2O3. The Hall–Kier alpha value is -1.43. The number of carboxylic acids is 1. The Balaban J connectivity index is 2.27. The van der Waals surface area contributed by atoms with E-state index in [9.17, 15) is 14.7 Å². The number of amides is 1. The Labute approximate surface area is 119 Å². The number of aromatic nitrogens is 1. The van der Waals surface area contributed by atoms with E-state index in [0.717, 1.165) is 6.42 Å². The van der Waals surface area contributed by atoms with Crippen LogP contribution in [0.15, 0.2) is 22.8 Å². The van der Waals surface area contributed by atoms with E-state index >= 15 is 0 Å². The van der Waals surface area contributed by atoms with Crippen molar-refractivity contribution in [3.63, 3.8) is 0 Å². The van der Waals surface area contributed by atoms with Crippen LogP contribution in [0.1, 0.15) is 30.3 Å². The molecule has 0 aromatic carbocycles. The van der Waals surface area contributed by atoms with Gasteiger partial charge in [-0.15, -0.1) is 0 Å². The van der Waals surface area contributed by atoms with Gasteiger partial charge in [0.05, 0.1) is 0 Å². The number of rotatable bonds is 2. The Morgan fingerprint density at radius 2 is 2.26 bits per heavy atom. The molecule has 1 aromatic heterocycles. The van der Waals surface area contributed by atoms with Crippen LogP contribution in [0.2, 0.25) is 0 Å². The summed E-state index contributed by atoms with van der Waals surface area (Å²) >= 11 is 3.27. The van der Waals surface area contributed by atoms with Crippen LogP contribution in [-0.2, 0) is 4.79 Å². The lowest BCUT2D eigenvalue weighted by molar-refractivity contribution is -0.144. The summed E-state index contributed by atoms with van der Waals surface area (Å²) in [6, 6.07) is 2.68. The van der Waals surface area contributed by atoms with E-state index < -0.39 is 12.0 Å². The molecule has 0 radical (unpaired) electrons. The summed E-state index contributed by atoms with van der Waals surface area (Å²) in [6.07, 6.45) is 2.84. The first-order valence-electron chi connectivity index (χ1n) is 6.15. The number of nitrogens with zero attached hydrogens (tertiary/aromatic N) is 2. The van der Waals surface area contributed by atoms with Gasteiger partial charge in [0.25, 0.3) is 5.91 Å². The number of carboxylic acid groups (broad SMARTS) is 1. The molecule has 1 amide bonds. The third-order valence-corrected chi connectivity index (χ3v) is 4.01. The monoisotopic (exact) mass is 326 g/mol. The molecule has 1 aliphatic rings. The van der Waals surface area contributed by atoms with Gasteiger partial charge in [-0.25, -0.2) is 9.78 Å². The Morgan fingerprint density at radius 3 is 2.89 bits per heavy atom. The lowest BCUT2D eigenvalue weighted by Crippen LogP contribution is -2.50. The lowest BCUT2D eigenvalue weighted by Gasteiger charge is -2.35. The van der Waals surface area contributed by atoms with Crippen LogP contribution in [0.3, 0.4) is 0 Å². The maximum absolute atomic E-state index is 12.4. The molecule has 0 spiro atoms. The zero-order chi connectivity index (χ0) is 14.0. The van der Waals surface area contributed by atoms with Crippen molar-refractivity contribution in [1.29, 1.82) is 0 Å². The van der Waals surface area contributed by atoms with E-state index in [4.69, 9.17) is 0 Å². The molecule has 2 rings (SSSR count). The number of pyridine rings is 1. The van der Waals surface area contributed by atoms with Crippen molar-refractivity contribution >= 4 is 27.8 Å². The minimum Gasteiger partial charge on any atom is -0.480 e. The number of hydrogen-bond acceptors (Lipinski definition) is 3. The molecule has 2 unspecified atom stereocenters. The highest BCUT2D eigenvalue weighted by molar-refractivity contribution is 9.10. The molecule has 1 fully saturated rings. The summed E-state index contributed by atoms with van der Waals surface area (Å²) in [7, 11) is 0. The minimum absolute atomic E-state index is 0.267. The standard InChI is InChI=1S/C13H15BrN2O3/c1-8-4-6-16(10(7-8)13(18)19)12(17)11-9(14)3-2-5-15-11/h2-3,5,8,10H,4,6-7H2,1H3,(H,18,19). The molecule has 2 heterocycles. The number of piperidine rings is 1. The fourth-order valence-corrected chi connectivity index (χ4v) is 2.72. The maximum atomic E-state index is 12.4. The van der Waals surface area contributed by atoms with E-state index in [2.05, 4.69) is 20.9 Å². The molecule has 1 aliphatic heterocycles. The van der Waals surface area contributed by atoms with Crippen molar-refractivity contribution in [2.75, 3.05) is 6.54 Å². The van der Waals surface area contributed by atoms with Crippen molar-refractivity contribution in [3.8, 4) is 0 Å². The normalized spacial score (nSPS) is 23.2. The third-order valence-electron chi connectivity index (χ3n) is 3.37. The number of carbonyl (C=O) groups excluding carboxylic acids is 1. The van der Waals surface area contributed by atoms with Crippen molar-refractivity contribution in [2.45, 2.75) is 25.8 Å². The van der Waals surface area contributed by atoms with Gasteiger partial charge in [0, 0.05) is 17.2 Å². The molecule has 1 aromatic rings. The highest BCUT2D eigenvalue weighted by Crippen LogP contribution is 2.25. The zero-order valence-electron chi connectivity index (χ0n) is 10.5. The molecule has 0 saturated carbocycles. The lowest BCUT2D eigenvalue weighted by atomic mass is 9.92. The molecule has 1 N–H and O–H groups in total. The van der Waals surface area contributed by atoms with Gasteiger partial charge in [-0.3, -0.25) is 4.79 Å². The molecule has 19 heavy (non-hydrogen) atoms. The van der Waals surface area contributed by atoms with Gasteiger partial charge >= 0.3 is 5.97 Å². The van der Waals surface area contributed by atoms with Gasteiger partial charge in [0.2, 0.25) is 0 Å². The van der Waals surface area contributed by atoms with Gasteiger partial charge < -0.3 is 10.0 Å². The van der Waals surface area contributed by atoms with Gasteiger partial charge in [0.15, 0.2) is 0 Å². The minimum atomic E-state index is -0.952. The first-order valence-corrected chi connectivity index (χ1v) is 6.94. The largest absolute Gasteiger partial charge is 0.480 e.